The lowest BCUT2D eigenvalue weighted by Gasteiger charge is -2.20. The number of amides is 1. The Morgan fingerprint density at radius 1 is 0.857 bits per heavy atom. The first-order valence-corrected chi connectivity index (χ1v) is 8.68. The first-order valence-electron chi connectivity index (χ1n) is 8.68. The first-order chi connectivity index (χ1) is 13.6. The van der Waals surface area contributed by atoms with Crippen LogP contribution in [0.3, 0.4) is 0 Å². The molecule has 0 aromatic heterocycles. The van der Waals surface area contributed by atoms with E-state index in [0.717, 1.165) is 0 Å². The molecule has 0 saturated carbocycles. The molecule has 148 valence electrons. The minimum absolute atomic E-state index is 0.0447. The highest BCUT2D eigenvalue weighted by Crippen LogP contribution is 2.20. The lowest BCUT2D eigenvalue weighted by molar-refractivity contribution is -0.187. The molecule has 0 radical (unpaired) electrons. The zero-order chi connectivity index (χ0) is 20.4. The summed E-state index contributed by atoms with van der Waals surface area (Å²) in [4.78, 5) is 46.5. The summed E-state index contributed by atoms with van der Waals surface area (Å²) in [6.45, 7) is 3.95. The fourth-order valence-electron chi connectivity index (χ4n) is 2.14. The average molecular weight is 387 g/mol. The van der Waals surface area contributed by atoms with Crippen molar-refractivity contribution in [2.75, 3.05) is 19.9 Å². The van der Waals surface area contributed by atoms with E-state index in [9.17, 15) is 14.4 Å². The summed E-state index contributed by atoms with van der Waals surface area (Å²) >= 11 is 0. The zero-order valence-corrected chi connectivity index (χ0v) is 15.6. The Morgan fingerprint density at radius 2 is 1.50 bits per heavy atom. The van der Waals surface area contributed by atoms with Crippen molar-refractivity contribution >= 4 is 18.0 Å². The Bertz CT molecular complexity index is 807. The highest BCUT2D eigenvalue weighted by atomic mass is 17.2. The van der Waals surface area contributed by atoms with Crippen molar-refractivity contribution in [2.45, 2.75) is 13.8 Å². The first kappa shape index (κ1) is 20.8. The number of carbonyl (C=O) groups is 3. The summed E-state index contributed by atoms with van der Waals surface area (Å²) in [7, 11) is 0. The third kappa shape index (κ3) is 5.73. The molecule has 0 aliphatic heterocycles. The maximum absolute atomic E-state index is 12.3. The van der Waals surface area contributed by atoms with Crippen molar-refractivity contribution < 1.29 is 33.6 Å². The van der Waals surface area contributed by atoms with Gasteiger partial charge in [0.2, 0.25) is 0 Å². The van der Waals surface area contributed by atoms with Crippen LogP contribution >= 0.6 is 0 Å². The van der Waals surface area contributed by atoms with Crippen molar-refractivity contribution in [3.05, 3.63) is 65.7 Å². The molecule has 0 fully saturated rings. The van der Waals surface area contributed by atoms with Crippen LogP contribution < -0.4 is 4.74 Å². The Morgan fingerprint density at radius 3 is 2.18 bits per heavy atom. The third-order valence-electron chi connectivity index (χ3n) is 3.59. The quantitative estimate of drug-likeness (QED) is 0.408. The lowest BCUT2D eigenvalue weighted by atomic mass is 10.2. The van der Waals surface area contributed by atoms with Crippen molar-refractivity contribution in [1.82, 2.24) is 4.90 Å². The summed E-state index contributed by atoms with van der Waals surface area (Å²) in [5, 5.41) is 0. The summed E-state index contributed by atoms with van der Waals surface area (Å²) in [6.07, 6.45) is -0.526. The van der Waals surface area contributed by atoms with Crippen LogP contribution in [-0.4, -0.2) is 42.8 Å². The Hall–Kier alpha value is -3.55. The van der Waals surface area contributed by atoms with Gasteiger partial charge in [-0.1, -0.05) is 30.3 Å². The highest BCUT2D eigenvalue weighted by molar-refractivity contribution is 5.94. The van der Waals surface area contributed by atoms with Crippen LogP contribution in [0, 0.1) is 0 Å². The smallest absolute Gasteiger partial charge is 0.412 e. The van der Waals surface area contributed by atoms with Crippen molar-refractivity contribution in [3.63, 3.8) is 0 Å². The lowest BCUT2D eigenvalue weighted by Crippen LogP contribution is -2.35. The second-order valence-corrected chi connectivity index (χ2v) is 5.43. The monoisotopic (exact) mass is 387 g/mol. The molecule has 0 saturated heterocycles. The van der Waals surface area contributed by atoms with Gasteiger partial charge in [0.1, 0.15) is 11.3 Å². The molecule has 0 aliphatic rings. The number of para-hydroxylation sites is 1. The van der Waals surface area contributed by atoms with E-state index in [1.807, 2.05) is 0 Å². The summed E-state index contributed by atoms with van der Waals surface area (Å²) in [5.41, 5.74) is 0.288. The Kier molecular flexibility index (Phi) is 7.83. The van der Waals surface area contributed by atoms with Crippen LogP contribution in [0.4, 0.5) is 4.79 Å². The van der Waals surface area contributed by atoms with E-state index in [-0.39, 0.29) is 30.2 Å². The second-order valence-electron chi connectivity index (χ2n) is 5.43. The molecule has 1 amide bonds. The van der Waals surface area contributed by atoms with Gasteiger partial charge in [0.15, 0.2) is 6.73 Å². The molecule has 0 atom stereocenters. The van der Waals surface area contributed by atoms with Gasteiger partial charge in [-0.2, -0.15) is 0 Å². The molecular weight excluding hydrogens is 366 g/mol. The molecule has 8 heteroatoms. The summed E-state index contributed by atoms with van der Waals surface area (Å²) in [5.74, 6) is -1.53. The molecule has 0 heterocycles. The second kappa shape index (κ2) is 10.6. The topological polar surface area (TPSA) is 91.4 Å². The molecule has 2 rings (SSSR count). The van der Waals surface area contributed by atoms with Gasteiger partial charge in [-0.15, -0.1) is 0 Å². The van der Waals surface area contributed by atoms with Gasteiger partial charge in [0.05, 0.1) is 12.2 Å². The number of hydrogen-bond donors (Lipinski definition) is 0. The number of carbonyl (C=O) groups excluding carboxylic acids is 3. The van der Waals surface area contributed by atoms with E-state index in [1.54, 1.807) is 44.2 Å². The normalized spacial score (nSPS) is 9.93. The van der Waals surface area contributed by atoms with E-state index in [0.29, 0.717) is 6.54 Å². The van der Waals surface area contributed by atoms with Gasteiger partial charge in [0, 0.05) is 6.54 Å². The maximum atomic E-state index is 12.3. The molecule has 0 N–H and O–H groups in total. The molecule has 0 unspecified atom stereocenters. The van der Waals surface area contributed by atoms with Crippen LogP contribution in [0.1, 0.15) is 34.6 Å². The fourth-order valence-corrected chi connectivity index (χ4v) is 2.14. The third-order valence-corrected chi connectivity index (χ3v) is 3.59. The van der Waals surface area contributed by atoms with Crippen molar-refractivity contribution in [2.24, 2.45) is 0 Å². The van der Waals surface area contributed by atoms with Gasteiger partial charge < -0.3 is 9.47 Å². The molecule has 2 aromatic rings. The van der Waals surface area contributed by atoms with E-state index in [2.05, 4.69) is 9.78 Å². The Labute approximate surface area is 162 Å². The van der Waals surface area contributed by atoms with E-state index >= 15 is 0 Å². The van der Waals surface area contributed by atoms with Crippen molar-refractivity contribution in [3.8, 4) is 5.75 Å². The molecule has 8 nitrogen and oxygen atoms in total. The number of nitrogens with zero attached hydrogens (tertiary/aromatic N) is 1. The largest absolute Gasteiger partial charge is 0.472 e. The summed E-state index contributed by atoms with van der Waals surface area (Å²) in [6, 6.07) is 14.4. The van der Waals surface area contributed by atoms with E-state index in [1.165, 1.54) is 29.2 Å². The number of benzene rings is 2. The highest BCUT2D eigenvalue weighted by Gasteiger charge is 2.19. The minimum atomic E-state index is -0.904. The number of ether oxygens (including phenoxy) is 2. The van der Waals surface area contributed by atoms with Gasteiger partial charge in [0.25, 0.3) is 0 Å². The molecule has 0 aliphatic carbocycles. The van der Waals surface area contributed by atoms with Crippen LogP contribution in [0.2, 0.25) is 0 Å². The minimum Gasteiger partial charge on any atom is -0.472 e. The standard InChI is InChI=1S/C20H21NO7/c1-3-21(20(24)25-4-2)14-26-17-13-9-8-12-16(17)19(23)28-27-18(22)15-10-6-5-7-11-15/h5-13H,3-4,14H2,1-2H3. The van der Waals surface area contributed by atoms with Crippen molar-refractivity contribution in [1.29, 1.82) is 0 Å². The zero-order valence-electron chi connectivity index (χ0n) is 15.6. The predicted octanol–water partition coefficient (Wildman–Crippen LogP) is 3.43. The summed E-state index contributed by atoms with van der Waals surface area (Å²) < 4.78 is 10.5. The van der Waals surface area contributed by atoms with Gasteiger partial charge >= 0.3 is 18.0 Å². The molecular formula is C20H21NO7. The predicted molar refractivity (Wildman–Crippen MR) is 98.6 cm³/mol. The fraction of sp³-hybridized carbons (Fsp3) is 0.250. The number of hydrogen-bond acceptors (Lipinski definition) is 7. The molecule has 0 spiro atoms. The van der Waals surface area contributed by atoms with E-state index in [4.69, 9.17) is 9.47 Å². The molecule has 0 bridgehead atoms. The maximum Gasteiger partial charge on any atom is 0.412 e. The number of rotatable bonds is 7. The van der Waals surface area contributed by atoms with Gasteiger partial charge in [-0.3, -0.25) is 4.90 Å². The van der Waals surface area contributed by atoms with Gasteiger partial charge in [-0.25, -0.2) is 24.2 Å². The molecule has 2 aromatic carbocycles. The van der Waals surface area contributed by atoms with Crippen LogP contribution in [0.5, 0.6) is 5.75 Å². The van der Waals surface area contributed by atoms with Crippen LogP contribution in [-0.2, 0) is 14.5 Å². The van der Waals surface area contributed by atoms with Gasteiger partial charge in [-0.05, 0) is 38.1 Å². The van der Waals surface area contributed by atoms with E-state index < -0.39 is 18.0 Å². The Balaban J connectivity index is 1.99. The van der Waals surface area contributed by atoms with Crippen LogP contribution in [0.15, 0.2) is 54.6 Å². The SMILES string of the molecule is CCOC(=O)N(CC)COc1ccccc1C(=O)OOC(=O)c1ccccc1. The average Bonchev–Trinajstić information content (AvgIpc) is 2.73. The molecule has 28 heavy (non-hydrogen) atoms. The van der Waals surface area contributed by atoms with Crippen LogP contribution in [0.25, 0.3) is 0 Å².